The first-order chi connectivity index (χ1) is 12.9. The van der Waals surface area contributed by atoms with E-state index >= 15 is 0 Å². The van der Waals surface area contributed by atoms with Gasteiger partial charge in [-0.15, -0.1) is 0 Å². The van der Waals surface area contributed by atoms with E-state index in [0.29, 0.717) is 17.0 Å². The molecular weight excluding hydrogens is 352 g/mol. The third-order valence-electron chi connectivity index (χ3n) is 4.44. The van der Waals surface area contributed by atoms with Crippen LogP contribution in [0.4, 0.5) is 11.4 Å². The van der Waals surface area contributed by atoms with Crippen LogP contribution in [-0.4, -0.2) is 30.5 Å². The van der Waals surface area contributed by atoms with Crippen LogP contribution in [-0.2, 0) is 9.59 Å². The van der Waals surface area contributed by atoms with Crippen LogP contribution in [0.5, 0.6) is 11.5 Å². The van der Waals surface area contributed by atoms with Gasteiger partial charge in [0.1, 0.15) is 0 Å². The SMILES string of the molecule is COc1ccccc1OC(=O)[C@@H]1CC(=O)N(c2ccc(C)c([N+](=O)[O-])c2)C1. The molecule has 0 spiro atoms. The second kappa shape index (κ2) is 7.45. The summed E-state index contributed by atoms with van der Waals surface area (Å²) in [6, 6.07) is 11.3. The fourth-order valence-electron chi connectivity index (χ4n) is 2.97. The number of amides is 1. The van der Waals surface area contributed by atoms with Crippen LogP contribution in [0.1, 0.15) is 12.0 Å². The van der Waals surface area contributed by atoms with Crippen LogP contribution in [0.25, 0.3) is 0 Å². The first kappa shape index (κ1) is 18.4. The maximum Gasteiger partial charge on any atom is 0.316 e. The summed E-state index contributed by atoms with van der Waals surface area (Å²) < 4.78 is 10.5. The van der Waals surface area contributed by atoms with Crippen molar-refractivity contribution < 1.29 is 24.0 Å². The van der Waals surface area contributed by atoms with Crippen LogP contribution in [0, 0.1) is 23.0 Å². The number of para-hydroxylation sites is 2. The Kier molecular flexibility index (Phi) is 5.07. The quantitative estimate of drug-likeness (QED) is 0.347. The Morgan fingerprint density at radius 1 is 1.22 bits per heavy atom. The van der Waals surface area contributed by atoms with Gasteiger partial charge in [0.2, 0.25) is 5.91 Å². The third-order valence-corrected chi connectivity index (χ3v) is 4.44. The average Bonchev–Trinajstić information content (AvgIpc) is 3.04. The van der Waals surface area contributed by atoms with E-state index in [-0.39, 0.29) is 30.3 Å². The van der Waals surface area contributed by atoms with Gasteiger partial charge >= 0.3 is 5.97 Å². The van der Waals surface area contributed by atoms with E-state index in [1.807, 2.05) is 0 Å². The molecule has 0 radical (unpaired) electrons. The molecule has 2 aromatic rings. The molecule has 1 aliphatic rings. The van der Waals surface area contributed by atoms with E-state index in [2.05, 4.69) is 0 Å². The van der Waals surface area contributed by atoms with E-state index in [1.165, 1.54) is 18.1 Å². The number of methoxy groups -OCH3 is 1. The molecule has 8 heteroatoms. The third kappa shape index (κ3) is 3.74. The molecular formula is C19H18N2O6. The van der Waals surface area contributed by atoms with Crippen molar-refractivity contribution >= 4 is 23.3 Å². The fraction of sp³-hybridized carbons (Fsp3) is 0.263. The van der Waals surface area contributed by atoms with Gasteiger partial charge in [-0.05, 0) is 25.1 Å². The monoisotopic (exact) mass is 370 g/mol. The molecule has 0 aliphatic carbocycles. The van der Waals surface area contributed by atoms with Gasteiger partial charge in [0.15, 0.2) is 11.5 Å². The van der Waals surface area contributed by atoms with Crippen LogP contribution in [0.15, 0.2) is 42.5 Å². The highest BCUT2D eigenvalue weighted by Crippen LogP contribution is 2.32. The summed E-state index contributed by atoms with van der Waals surface area (Å²) in [5.41, 5.74) is 0.827. The van der Waals surface area contributed by atoms with Gasteiger partial charge in [0, 0.05) is 24.6 Å². The number of esters is 1. The number of nitrogens with zero attached hydrogens (tertiary/aromatic N) is 2. The molecule has 1 heterocycles. The number of benzene rings is 2. The molecule has 0 bridgehead atoms. The predicted octanol–water partition coefficient (Wildman–Crippen LogP) is 2.87. The zero-order valence-electron chi connectivity index (χ0n) is 14.9. The number of ether oxygens (including phenoxy) is 2. The highest BCUT2D eigenvalue weighted by atomic mass is 16.6. The first-order valence-corrected chi connectivity index (χ1v) is 8.31. The summed E-state index contributed by atoms with van der Waals surface area (Å²) in [7, 11) is 1.47. The number of carbonyl (C=O) groups is 2. The van der Waals surface area contributed by atoms with Gasteiger partial charge in [-0.3, -0.25) is 19.7 Å². The summed E-state index contributed by atoms with van der Waals surface area (Å²) in [4.78, 5) is 36.8. The van der Waals surface area contributed by atoms with Gasteiger partial charge < -0.3 is 14.4 Å². The molecule has 0 N–H and O–H groups in total. The number of carbonyl (C=O) groups excluding carboxylic acids is 2. The van der Waals surface area contributed by atoms with Crippen LogP contribution >= 0.6 is 0 Å². The summed E-state index contributed by atoms with van der Waals surface area (Å²) in [5.74, 6) is -0.794. The minimum absolute atomic E-state index is 0.0182. The van der Waals surface area contributed by atoms with E-state index in [0.717, 1.165) is 0 Å². The second-order valence-corrected chi connectivity index (χ2v) is 6.21. The maximum absolute atomic E-state index is 12.5. The van der Waals surface area contributed by atoms with Crippen molar-refractivity contribution in [1.29, 1.82) is 0 Å². The molecule has 1 amide bonds. The number of hydrogen-bond acceptors (Lipinski definition) is 6. The van der Waals surface area contributed by atoms with Crippen molar-refractivity contribution in [2.24, 2.45) is 5.92 Å². The molecule has 1 saturated heterocycles. The maximum atomic E-state index is 12.5. The molecule has 1 atom stereocenters. The first-order valence-electron chi connectivity index (χ1n) is 8.31. The molecule has 3 rings (SSSR count). The highest BCUT2D eigenvalue weighted by molar-refractivity contribution is 6.00. The number of nitro groups is 1. The van der Waals surface area contributed by atoms with E-state index in [4.69, 9.17) is 9.47 Å². The van der Waals surface area contributed by atoms with Crippen LogP contribution < -0.4 is 14.4 Å². The standard InChI is InChI=1S/C19H18N2O6/c1-12-7-8-14(10-15(12)21(24)25)20-11-13(9-18(20)22)19(23)27-17-6-4-3-5-16(17)26-2/h3-8,10,13H,9,11H2,1-2H3/t13-/m1/s1. The topological polar surface area (TPSA) is 99.0 Å². The zero-order chi connectivity index (χ0) is 19.6. The lowest BCUT2D eigenvalue weighted by Gasteiger charge is -2.17. The Bertz CT molecular complexity index is 911. The largest absolute Gasteiger partial charge is 0.493 e. The molecule has 1 fully saturated rings. The normalized spacial score (nSPS) is 16.3. The van der Waals surface area contributed by atoms with Crippen molar-refractivity contribution in [3.8, 4) is 11.5 Å². The Morgan fingerprint density at radius 3 is 2.59 bits per heavy atom. The number of nitro benzene ring substituents is 1. The molecule has 140 valence electrons. The van der Waals surface area contributed by atoms with E-state index in [9.17, 15) is 19.7 Å². The lowest BCUT2D eigenvalue weighted by atomic mass is 10.1. The minimum atomic E-state index is -0.664. The number of aryl methyl sites for hydroxylation is 1. The second-order valence-electron chi connectivity index (χ2n) is 6.21. The van der Waals surface area contributed by atoms with Crippen molar-refractivity contribution in [3.05, 3.63) is 58.1 Å². The van der Waals surface area contributed by atoms with Gasteiger partial charge in [0.25, 0.3) is 5.69 Å². The summed E-state index contributed by atoms with van der Waals surface area (Å²) in [5, 5.41) is 11.1. The van der Waals surface area contributed by atoms with Gasteiger partial charge in [-0.1, -0.05) is 18.2 Å². The average molecular weight is 370 g/mol. The Labute approximate surface area is 155 Å². The van der Waals surface area contributed by atoms with Gasteiger partial charge in [-0.2, -0.15) is 0 Å². The molecule has 27 heavy (non-hydrogen) atoms. The van der Waals surface area contributed by atoms with Gasteiger partial charge in [0.05, 0.1) is 23.6 Å². The van der Waals surface area contributed by atoms with Crippen molar-refractivity contribution in [2.45, 2.75) is 13.3 Å². The molecule has 8 nitrogen and oxygen atoms in total. The van der Waals surface area contributed by atoms with Crippen molar-refractivity contribution in [3.63, 3.8) is 0 Å². The van der Waals surface area contributed by atoms with Crippen LogP contribution in [0.2, 0.25) is 0 Å². The van der Waals surface area contributed by atoms with E-state index in [1.54, 1.807) is 43.3 Å². The fourth-order valence-corrected chi connectivity index (χ4v) is 2.97. The Morgan fingerprint density at radius 2 is 1.93 bits per heavy atom. The highest BCUT2D eigenvalue weighted by Gasteiger charge is 2.37. The van der Waals surface area contributed by atoms with E-state index < -0.39 is 16.8 Å². The van der Waals surface area contributed by atoms with Crippen molar-refractivity contribution in [1.82, 2.24) is 0 Å². The molecule has 0 aromatic heterocycles. The summed E-state index contributed by atoms with van der Waals surface area (Å²) >= 11 is 0. The minimum Gasteiger partial charge on any atom is -0.493 e. The molecule has 1 aliphatic heterocycles. The summed E-state index contributed by atoms with van der Waals surface area (Å²) in [6.45, 7) is 1.73. The molecule has 0 unspecified atom stereocenters. The lowest BCUT2D eigenvalue weighted by Crippen LogP contribution is -2.27. The lowest BCUT2D eigenvalue weighted by molar-refractivity contribution is -0.385. The van der Waals surface area contributed by atoms with Crippen LogP contribution in [0.3, 0.4) is 0 Å². The number of hydrogen-bond donors (Lipinski definition) is 0. The Hall–Kier alpha value is -3.42. The Balaban J connectivity index is 1.76. The number of anilines is 1. The predicted molar refractivity (Wildman–Crippen MR) is 96.9 cm³/mol. The zero-order valence-corrected chi connectivity index (χ0v) is 14.9. The number of rotatable bonds is 5. The molecule has 2 aromatic carbocycles. The van der Waals surface area contributed by atoms with Crippen molar-refractivity contribution in [2.75, 3.05) is 18.6 Å². The smallest absolute Gasteiger partial charge is 0.316 e. The van der Waals surface area contributed by atoms with Gasteiger partial charge in [-0.25, -0.2) is 0 Å². The molecule has 0 saturated carbocycles. The summed E-state index contributed by atoms with van der Waals surface area (Å²) in [6.07, 6.45) is -0.0182.